The summed E-state index contributed by atoms with van der Waals surface area (Å²) in [7, 11) is 3.64. The monoisotopic (exact) mass is 389 g/mol. The Hall–Kier alpha value is -2.48. The van der Waals surface area contributed by atoms with Gasteiger partial charge in [0.2, 0.25) is 5.91 Å². The smallest absolute Gasteiger partial charge is 0.345 e. The molecule has 1 amide bonds. The molecule has 0 saturated heterocycles. The molecule has 0 spiro atoms. The van der Waals surface area contributed by atoms with E-state index in [4.69, 9.17) is 0 Å². The summed E-state index contributed by atoms with van der Waals surface area (Å²) in [5.74, 6) is 0.357. The van der Waals surface area contributed by atoms with Crippen LogP contribution >= 0.6 is 0 Å². The molecule has 1 aliphatic heterocycles. The third-order valence-electron chi connectivity index (χ3n) is 5.61. The lowest BCUT2D eigenvalue weighted by atomic mass is 9.89. The van der Waals surface area contributed by atoms with E-state index in [0.29, 0.717) is 19.5 Å². The maximum Gasteiger partial charge on any atom is 0.345 e. The molecular formula is C20H28FN5O2. The van der Waals surface area contributed by atoms with Crippen LogP contribution in [0.1, 0.15) is 37.6 Å². The van der Waals surface area contributed by atoms with Crippen LogP contribution in [0.15, 0.2) is 29.1 Å². The Morgan fingerprint density at radius 2 is 2.00 bits per heavy atom. The maximum atomic E-state index is 13.3. The Bertz CT molecular complexity index is 887. The average molecular weight is 389 g/mol. The molecule has 1 aromatic carbocycles. The number of amides is 1. The van der Waals surface area contributed by atoms with Gasteiger partial charge in [0.05, 0.1) is 0 Å². The van der Waals surface area contributed by atoms with Gasteiger partial charge >= 0.3 is 5.69 Å². The number of carbonyl (C=O) groups excluding carboxylic acids is 1. The summed E-state index contributed by atoms with van der Waals surface area (Å²) in [5, 5.41) is 7.36. The average Bonchev–Trinajstić information content (AvgIpc) is 3.01. The molecule has 0 saturated carbocycles. The first-order valence-electron chi connectivity index (χ1n) is 9.72. The number of likely N-dealkylation sites (N-methyl/N-ethyl adjacent to an activating group) is 1. The third kappa shape index (κ3) is 3.87. The van der Waals surface area contributed by atoms with Crippen LogP contribution in [0.4, 0.5) is 4.39 Å². The number of rotatable bonds is 7. The lowest BCUT2D eigenvalue weighted by molar-refractivity contribution is -0.131. The SMILES string of the molecule is CN(C)C(C)(C(=O)NCCCn1nc2n(c1=O)CCCC2)c1ccc(F)cc1. The molecule has 1 unspecified atom stereocenters. The first kappa shape index (κ1) is 20.3. The van der Waals surface area contributed by atoms with Gasteiger partial charge in [-0.15, -0.1) is 0 Å². The second-order valence-corrected chi connectivity index (χ2v) is 7.61. The molecule has 7 nitrogen and oxygen atoms in total. The Morgan fingerprint density at radius 1 is 1.29 bits per heavy atom. The minimum atomic E-state index is -0.919. The van der Waals surface area contributed by atoms with Crippen LogP contribution in [-0.4, -0.2) is 45.8 Å². The predicted molar refractivity (Wildman–Crippen MR) is 104 cm³/mol. The van der Waals surface area contributed by atoms with Crippen LogP contribution in [0.2, 0.25) is 0 Å². The molecule has 3 rings (SSSR count). The number of benzene rings is 1. The van der Waals surface area contributed by atoms with E-state index >= 15 is 0 Å². The highest BCUT2D eigenvalue weighted by molar-refractivity contribution is 5.87. The minimum Gasteiger partial charge on any atom is -0.354 e. The predicted octanol–water partition coefficient (Wildman–Crippen LogP) is 1.50. The van der Waals surface area contributed by atoms with E-state index < -0.39 is 5.54 Å². The lowest BCUT2D eigenvalue weighted by Gasteiger charge is -2.35. The van der Waals surface area contributed by atoms with E-state index in [1.807, 2.05) is 25.9 Å². The van der Waals surface area contributed by atoms with Gasteiger partial charge < -0.3 is 5.32 Å². The normalized spacial score (nSPS) is 15.9. The summed E-state index contributed by atoms with van der Waals surface area (Å²) in [6, 6.07) is 5.97. The zero-order valence-electron chi connectivity index (χ0n) is 16.7. The Kier molecular flexibility index (Phi) is 5.98. The van der Waals surface area contributed by atoms with Gasteiger partial charge in [0.25, 0.3) is 0 Å². The van der Waals surface area contributed by atoms with Crippen LogP contribution in [0, 0.1) is 5.82 Å². The molecule has 1 aliphatic rings. The Labute approximate surface area is 164 Å². The molecule has 28 heavy (non-hydrogen) atoms. The molecule has 1 aromatic heterocycles. The second-order valence-electron chi connectivity index (χ2n) is 7.61. The van der Waals surface area contributed by atoms with Gasteiger partial charge in [-0.2, -0.15) is 5.10 Å². The standard InChI is InChI=1S/C20H28FN5O2/c1-20(24(2)3,15-8-10-16(21)11-9-15)18(27)22-12-6-14-26-19(28)25-13-5-4-7-17(25)23-26/h8-11H,4-7,12-14H2,1-3H3,(H,22,27). The van der Waals surface area contributed by atoms with Crippen molar-refractivity contribution in [3.8, 4) is 0 Å². The van der Waals surface area contributed by atoms with Crippen molar-refractivity contribution in [1.29, 1.82) is 0 Å². The second kappa shape index (κ2) is 8.26. The topological polar surface area (TPSA) is 72.2 Å². The number of nitrogens with one attached hydrogen (secondary N) is 1. The highest BCUT2D eigenvalue weighted by atomic mass is 19.1. The largest absolute Gasteiger partial charge is 0.354 e. The highest BCUT2D eigenvalue weighted by Crippen LogP contribution is 2.26. The summed E-state index contributed by atoms with van der Waals surface area (Å²) in [6.45, 7) is 3.44. The van der Waals surface area contributed by atoms with Crippen molar-refractivity contribution in [1.82, 2.24) is 24.6 Å². The fourth-order valence-electron chi connectivity index (χ4n) is 3.56. The fourth-order valence-corrected chi connectivity index (χ4v) is 3.56. The fraction of sp³-hybridized carbons (Fsp3) is 0.550. The van der Waals surface area contributed by atoms with Crippen LogP contribution < -0.4 is 11.0 Å². The molecule has 0 bridgehead atoms. The quantitative estimate of drug-likeness (QED) is 0.729. The van der Waals surface area contributed by atoms with E-state index in [2.05, 4.69) is 10.4 Å². The molecule has 2 heterocycles. The van der Waals surface area contributed by atoms with Crippen LogP contribution in [0.25, 0.3) is 0 Å². The zero-order valence-corrected chi connectivity index (χ0v) is 16.7. The summed E-state index contributed by atoms with van der Waals surface area (Å²) in [5.41, 5.74) is -0.266. The molecule has 0 fully saturated rings. The number of nitrogens with zero attached hydrogens (tertiary/aromatic N) is 4. The number of halogens is 1. The number of fused-ring (bicyclic) bond motifs is 1. The Morgan fingerprint density at radius 3 is 2.64 bits per heavy atom. The summed E-state index contributed by atoms with van der Waals surface area (Å²) in [4.78, 5) is 27.0. The van der Waals surface area contributed by atoms with Crippen molar-refractivity contribution < 1.29 is 9.18 Å². The number of aromatic nitrogens is 3. The number of carbonyl (C=O) groups is 1. The van der Waals surface area contributed by atoms with Crippen LogP contribution in [0.5, 0.6) is 0 Å². The maximum absolute atomic E-state index is 13.3. The van der Waals surface area contributed by atoms with Crippen LogP contribution in [0.3, 0.4) is 0 Å². The van der Waals surface area contributed by atoms with Gasteiger partial charge in [-0.1, -0.05) is 12.1 Å². The Balaban J connectivity index is 1.60. The summed E-state index contributed by atoms with van der Waals surface area (Å²) < 4.78 is 16.5. The first-order valence-corrected chi connectivity index (χ1v) is 9.72. The van der Waals surface area contributed by atoms with Gasteiger partial charge in [-0.25, -0.2) is 13.9 Å². The van der Waals surface area contributed by atoms with Gasteiger partial charge in [0, 0.05) is 26.1 Å². The molecule has 0 aliphatic carbocycles. The third-order valence-corrected chi connectivity index (χ3v) is 5.61. The van der Waals surface area contributed by atoms with Crippen molar-refractivity contribution >= 4 is 5.91 Å². The van der Waals surface area contributed by atoms with Gasteiger partial charge in [0.1, 0.15) is 17.2 Å². The first-order chi connectivity index (χ1) is 13.3. The van der Waals surface area contributed by atoms with E-state index in [1.54, 1.807) is 16.7 Å². The minimum absolute atomic E-state index is 0.0644. The van der Waals surface area contributed by atoms with Gasteiger partial charge in [-0.05, 0) is 58.0 Å². The van der Waals surface area contributed by atoms with Crippen molar-refractivity contribution in [2.45, 2.75) is 51.2 Å². The summed E-state index contributed by atoms with van der Waals surface area (Å²) >= 11 is 0. The molecule has 1 N–H and O–H groups in total. The number of hydrogen-bond acceptors (Lipinski definition) is 4. The highest BCUT2D eigenvalue weighted by Gasteiger charge is 2.37. The summed E-state index contributed by atoms with van der Waals surface area (Å²) in [6.07, 6.45) is 3.53. The van der Waals surface area contributed by atoms with E-state index in [1.165, 1.54) is 16.8 Å². The number of hydrogen-bond donors (Lipinski definition) is 1. The van der Waals surface area contributed by atoms with Gasteiger partial charge in [0.15, 0.2) is 0 Å². The van der Waals surface area contributed by atoms with E-state index in [0.717, 1.165) is 37.2 Å². The van der Waals surface area contributed by atoms with Crippen molar-refractivity contribution in [3.63, 3.8) is 0 Å². The molecule has 152 valence electrons. The van der Waals surface area contributed by atoms with Crippen molar-refractivity contribution in [3.05, 3.63) is 52.0 Å². The van der Waals surface area contributed by atoms with E-state index in [-0.39, 0.29) is 17.4 Å². The number of aryl methyl sites for hydroxylation is 2. The van der Waals surface area contributed by atoms with E-state index in [9.17, 15) is 14.0 Å². The van der Waals surface area contributed by atoms with Crippen molar-refractivity contribution in [2.75, 3.05) is 20.6 Å². The van der Waals surface area contributed by atoms with Crippen molar-refractivity contribution in [2.24, 2.45) is 0 Å². The molecule has 8 heteroatoms. The lowest BCUT2D eigenvalue weighted by Crippen LogP contribution is -2.51. The van der Waals surface area contributed by atoms with Crippen LogP contribution in [-0.2, 0) is 29.8 Å². The zero-order chi connectivity index (χ0) is 20.3. The van der Waals surface area contributed by atoms with Gasteiger partial charge in [-0.3, -0.25) is 14.3 Å². The molecule has 1 atom stereocenters. The molecular weight excluding hydrogens is 361 g/mol. The molecule has 0 radical (unpaired) electrons. The molecule has 2 aromatic rings.